The van der Waals surface area contributed by atoms with Crippen molar-refractivity contribution in [3.05, 3.63) is 0 Å². The quantitative estimate of drug-likeness (QED) is 0.572. The molecule has 0 heterocycles. The molecule has 0 aromatic heterocycles. The summed E-state index contributed by atoms with van der Waals surface area (Å²) in [7, 11) is 0. The van der Waals surface area contributed by atoms with E-state index < -0.39 is 12.1 Å². The van der Waals surface area contributed by atoms with Crippen LogP contribution in [0.3, 0.4) is 0 Å². The molecule has 0 aromatic carbocycles. The normalized spacial score (nSPS) is 18.6. The largest absolute Gasteiger partial charge is 0.391 e. The molecule has 0 unspecified atom stereocenters. The molecule has 0 fully saturated rings. The standard InChI is InChI=1S/C7H13F3/c1-4-5(2)6(3)7(8,9)10/h5-6H,4H2,1-3H3/t5-,6-/m0/s1. The first-order valence-corrected chi connectivity index (χ1v) is 3.46. The summed E-state index contributed by atoms with van der Waals surface area (Å²) in [5.41, 5.74) is 0. The Morgan fingerprint density at radius 1 is 1.20 bits per heavy atom. The fourth-order valence-electron chi connectivity index (χ4n) is 0.676. The van der Waals surface area contributed by atoms with E-state index in [0.29, 0.717) is 6.42 Å². The Bertz CT molecular complexity index is 95.5. The van der Waals surface area contributed by atoms with Crippen molar-refractivity contribution in [3.8, 4) is 0 Å². The lowest BCUT2D eigenvalue weighted by Crippen LogP contribution is -2.25. The molecular formula is C7H13F3. The molecule has 0 amide bonds. The highest BCUT2D eigenvalue weighted by Gasteiger charge is 2.38. The van der Waals surface area contributed by atoms with Crippen molar-refractivity contribution in [2.45, 2.75) is 33.4 Å². The minimum absolute atomic E-state index is 0.264. The summed E-state index contributed by atoms with van der Waals surface area (Å²) in [4.78, 5) is 0. The van der Waals surface area contributed by atoms with Gasteiger partial charge in [0.15, 0.2) is 0 Å². The number of rotatable bonds is 2. The van der Waals surface area contributed by atoms with Crippen LogP contribution in [-0.4, -0.2) is 6.18 Å². The van der Waals surface area contributed by atoms with Crippen LogP contribution >= 0.6 is 0 Å². The first-order chi connectivity index (χ1) is 4.39. The van der Waals surface area contributed by atoms with Gasteiger partial charge in [0.2, 0.25) is 0 Å². The van der Waals surface area contributed by atoms with Crippen molar-refractivity contribution in [2.75, 3.05) is 0 Å². The van der Waals surface area contributed by atoms with Crippen molar-refractivity contribution in [3.63, 3.8) is 0 Å². The van der Waals surface area contributed by atoms with E-state index in [9.17, 15) is 13.2 Å². The third-order valence-corrected chi connectivity index (χ3v) is 2.01. The highest BCUT2D eigenvalue weighted by molar-refractivity contribution is 4.67. The van der Waals surface area contributed by atoms with Gasteiger partial charge in [0.05, 0.1) is 5.92 Å². The smallest absolute Gasteiger partial charge is 0.171 e. The van der Waals surface area contributed by atoms with Gasteiger partial charge in [0, 0.05) is 0 Å². The van der Waals surface area contributed by atoms with Gasteiger partial charge in [-0.3, -0.25) is 0 Å². The van der Waals surface area contributed by atoms with Gasteiger partial charge >= 0.3 is 6.18 Å². The van der Waals surface area contributed by atoms with Crippen LogP contribution in [0.15, 0.2) is 0 Å². The van der Waals surface area contributed by atoms with E-state index in [1.807, 2.05) is 0 Å². The third-order valence-electron chi connectivity index (χ3n) is 2.01. The Morgan fingerprint density at radius 2 is 1.60 bits per heavy atom. The molecule has 10 heavy (non-hydrogen) atoms. The maximum Gasteiger partial charge on any atom is 0.391 e. The molecular weight excluding hydrogens is 141 g/mol. The number of hydrogen-bond donors (Lipinski definition) is 0. The summed E-state index contributed by atoms with van der Waals surface area (Å²) in [5, 5.41) is 0. The SMILES string of the molecule is CC[C@H](C)[C@H](C)C(F)(F)F. The molecule has 0 aromatic rings. The van der Waals surface area contributed by atoms with Crippen molar-refractivity contribution in [2.24, 2.45) is 11.8 Å². The first kappa shape index (κ1) is 9.79. The van der Waals surface area contributed by atoms with Gasteiger partial charge in [-0.15, -0.1) is 0 Å². The lowest BCUT2D eigenvalue weighted by Gasteiger charge is -2.20. The van der Waals surface area contributed by atoms with Gasteiger partial charge in [0.25, 0.3) is 0 Å². The molecule has 0 spiro atoms. The summed E-state index contributed by atoms with van der Waals surface area (Å²) >= 11 is 0. The van der Waals surface area contributed by atoms with Gasteiger partial charge < -0.3 is 0 Å². The summed E-state index contributed by atoms with van der Waals surface area (Å²) in [6.07, 6.45) is -3.43. The molecule has 0 N–H and O–H groups in total. The van der Waals surface area contributed by atoms with Crippen LogP contribution < -0.4 is 0 Å². The van der Waals surface area contributed by atoms with Crippen LogP contribution in [0.5, 0.6) is 0 Å². The van der Waals surface area contributed by atoms with Crippen molar-refractivity contribution in [1.82, 2.24) is 0 Å². The molecule has 0 bridgehead atoms. The van der Waals surface area contributed by atoms with Crippen LogP contribution in [-0.2, 0) is 0 Å². The third kappa shape index (κ3) is 2.58. The molecule has 0 nitrogen and oxygen atoms in total. The highest BCUT2D eigenvalue weighted by Crippen LogP contribution is 2.32. The van der Waals surface area contributed by atoms with E-state index in [1.165, 1.54) is 6.92 Å². The molecule has 0 aliphatic rings. The summed E-state index contributed by atoms with van der Waals surface area (Å²) in [6, 6.07) is 0. The predicted molar refractivity (Wildman–Crippen MR) is 34.7 cm³/mol. The van der Waals surface area contributed by atoms with Gasteiger partial charge in [-0.2, -0.15) is 13.2 Å². The zero-order chi connectivity index (χ0) is 8.36. The zero-order valence-corrected chi connectivity index (χ0v) is 6.50. The minimum atomic E-state index is -4.02. The average molecular weight is 154 g/mol. The van der Waals surface area contributed by atoms with Crippen molar-refractivity contribution in [1.29, 1.82) is 0 Å². The van der Waals surface area contributed by atoms with Crippen LogP contribution in [0.4, 0.5) is 13.2 Å². The number of alkyl halides is 3. The van der Waals surface area contributed by atoms with E-state index >= 15 is 0 Å². The van der Waals surface area contributed by atoms with E-state index in [0.717, 1.165) is 0 Å². The van der Waals surface area contributed by atoms with Crippen LogP contribution in [0.1, 0.15) is 27.2 Å². The zero-order valence-electron chi connectivity index (χ0n) is 6.50. The van der Waals surface area contributed by atoms with Crippen LogP contribution in [0, 0.1) is 11.8 Å². The second-order valence-electron chi connectivity index (χ2n) is 2.72. The Balaban J connectivity index is 3.94. The molecule has 0 radical (unpaired) electrons. The molecule has 2 atom stereocenters. The Morgan fingerprint density at radius 3 is 1.70 bits per heavy atom. The minimum Gasteiger partial charge on any atom is -0.171 e. The van der Waals surface area contributed by atoms with Crippen LogP contribution in [0.2, 0.25) is 0 Å². The second-order valence-corrected chi connectivity index (χ2v) is 2.72. The van der Waals surface area contributed by atoms with Crippen molar-refractivity contribution >= 4 is 0 Å². The van der Waals surface area contributed by atoms with E-state index in [1.54, 1.807) is 13.8 Å². The van der Waals surface area contributed by atoms with E-state index in [-0.39, 0.29) is 5.92 Å². The van der Waals surface area contributed by atoms with E-state index in [4.69, 9.17) is 0 Å². The molecule has 0 rings (SSSR count). The predicted octanol–water partition coefficient (Wildman–Crippen LogP) is 3.23. The summed E-state index contributed by atoms with van der Waals surface area (Å²) < 4.78 is 35.7. The molecule has 0 saturated heterocycles. The maximum atomic E-state index is 11.9. The molecule has 0 saturated carbocycles. The average Bonchev–Trinajstić information content (AvgIpc) is 1.83. The van der Waals surface area contributed by atoms with Gasteiger partial charge in [0.1, 0.15) is 0 Å². The Kier molecular flexibility index (Phi) is 3.19. The fraction of sp³-hybridized carbons (Fsp3) is 1.00. The highest BCUT2D eigenvalue weighted by atomic mass is 19.4. The van der Waals surface area contributed by atoms with E-state index in [2.05, 4.69) is 0 Å². The van der Waals surface area contributed by atoms with Gasteiger partial charge in [-0.05, 0) is 5.92 Å². The molecule has 62 valence electrons. The van der Waals surface area contributed by atoms with Crippen LogP contribution in [0.25, 0.3) is 0 Å². The number of halogens is 3. The molecule has 3 heteroatoms. The molecule has 0 aliphatic heterocycles. The Labute approximate surface area is 59.4 Å². The molecule has 0 aliphatic carbocycles. The Hall–Kier alpha value is -0.210. The lowest BCUT2D eigenvalue weighted by atomic mass is 9.93. The fourth-order valence-corrected chi connectivity index (χ4v) is 0.676. The van der Waals surface area contributed by atoms with Crippen molar-refractivity contribution < 1.29 is 13.2 Å². The summed E-state index contributed by atoms with van der Waals surface area (Å²) in [5.74, 6) is -1.43. The topological polar surface area (TPSA) is 0 Å². The van der Waals surface area contributed by atoms with Gasteiger partial charge in [-0.25, -0.2) is 0 Å². The monoisotopic (exact) mass is 154 g/mol. The summed E-state index contributed by atoms with van der Waals surface area (Å²) in [6.45, 7) is 4.62. The first-order valence-electron chi connectivity index (χ1n) is 3.46. The maximum absolute atomic E-state index is 11.9. The lowest BCUT2D eigenvalue weighted by molar-refractivity contribution is -0.182. The van der Waals surface area contributed by atoms with Gasteiger partial charge in [-0.1, -0.05) is 27.2 Å². The second kappa shape index (κ2) is 3.26. The number of hydrogen-bond acceptors (Lipinski definition) is 0.